The maximum atomic E-state index is 9.69. The lowest BCUT2D eigenvalue weighted by molar-refractivity contribution is 0.184. The Morgan fingerprint density at radius 3 is 2.79 bits per heavy atom. The van der Waals surface area contributed by atoms with Gasteiger partial charge in [0.05, 0.1) is 6.54 Å². The van der Waals surface area contributed by atoms with Crippen LogP contribution in [0.15, 0.2) is 47.2 Å². The molecule has 0 amide bonds. The van der Waals surface area contributed by atoms with Crippen molar-refractivity contribution in [2.45, 2.75) is 19.6 Å². The van der Waals surface area contributed by atoms with Crippen LogP contribution in [0, 0.1) is 11.8 Å². The van der Waals surface area contributed by atoms with Crippen molar-refractivity contribution < 1.29 is 14.7 Å². The Labute approximate surface area is 139 Å². The van der Waals surface area contributed by atoms with Gasteiger partial charge in [0.15, 0.2) is 5.76 Å². The van der Waals surface area contributed by atoms with E-state index in [-0.39, 0.29) is 6.61 Å². The lowest BCUT2D eigenvalue weighted by atomic mass is 10.1. The van der Waals surface area contributed by atoms with Crippen molar-refractivity contribution in [3.8, 4) is 23.2 Å². The highest BCUT2D eigenvalue weighted by molar-refractivity contribution is 5.59. The fourth-order valence-electron chi connectivity index (χ4n) is 2.38. The van der Waals surface area contributed by atoms with Crippen LogP contribution in [0.4, 0.5) is 0 Å². The number of aliphatic hydroxyl groups is 2. The Hall–Kier alpha value is -2.88. The molecule has 3 rings (SSSR count). The molecule has 2 N–H and O–H groups in total. The Morgan fingerprint density at radius 2 is 2.08 bits per heavy atom. The number of hydrogen-bond acceptors (Lipinski definition) is 5. The van der Waals surface area contributed by atoms with E-state index in [9.17, 15) is 5.11 Å². The van der Waals surface area contributed by atoms with Gasteiger partial charge >= 0.3 is 0 Å². The third kappa shape index (κ3) is 3.54. The molecule has 0 saturated carbocycles. The van der Waals surface area contributed by atoms with Gasteiger partial charge in [-0.25, -0.2) is 4.98 Å². The van der Waals surface area contributed by atoms with E-state index in [1.807, 2.05) is 34.9 Å². The molecule has 2 heterocycles. The van der Waals surface area contributed by atoms with Crippen LogP contribution in [0.5, 0.6) is 0 Å². The molecule has 0 radical (unpaired) electrons. The van der Waals surface area contributed by atoms with E-state index in [4.69, 9.17) is 9.63 Å². The Bertz CT molecular complexity index is 867. The molecular formula is C18H17N3O3. The molecule has 1 atom stereocenters. The first kappa shape index (κ1) is 16.0. The van der Waals surface area contributed by atoms with Gasteiger partial charge in [-0.1, -0.05) is 17.0 Å². The highest BCUT2D eigenvalue weighted by Gasteiger charge is 2.12. The Kier molecular flexibility index (Phi) is 4.75. The smallest absolute Gasteiger partial charge is 0.167 e. The highest BCUT2D eigenvalue weighted by atomic mass is 16.5. The van der Waals surface area contributed by atoms with Crippen LogP contribution < -0.4 is 0 Å². The number of nitrogens with zero attached hydrogens (tertiary/aromatic N) is 3. The SMILES string of the molecule is CC(O)c1nccn1Cc1cc(-c2ccc(C#CCO)cc2)on1. The molecule has 0 spiro atoms. The van der Waals surface area contributed by atoms with E-state index in [1.54, 1.807) is 19.3 Å². The zero-order chi connectivity index (χ0) is 16.9. The van der Waals surface area contributed by atoms with Crippen molar-refractivity contribution in [1.82, 2.24) is 14.7 Å². The molecule has 0 fully saturated rings. The molecule has 2 aromatic heterocycles. The highest BCUT2D eigenvalue weighted by Crippen LogP contribution is 2.21. The van der Waals surface area contributed by atoms with Crippen LogP contribution in [0.1, 0.15) is 30.1 Å². The normalized spacial score (nSPS) is 11.8. The summed E-state index contributed by atoms with van der Waals surface area (Å²) in [5, 5.41) is 22.5. The predicted octanol–water partition coefficient (Wildman–Crippen LogP) is 1.98. The zero-order valence-corrected chi connectivity index (χ0v) is 13.2. The predicted molar refractivity (Wildman–Crippen MR) is 87.9 cm³/mol. The van der Waals surface area contributed by atoms with Crippen molar-refractivity contribution in [3.63, 3.8) is 0 Å². The average molecular weight is 323 g/mol. The largest absolute Gasteiger partial charge is 0.385 e. The first-order valence-corrected chi connectivity index (χ1v) is 7.52. The molecule has 1 unspecified atom stereocenters. The van der Waals surface area contributed by atoms with Gasteiger partial charge < -0.3 is 19.3 Å². The fourth-order valence-corrected chi connectivity index (χ4v) is 2.38. The minimum atomic E-state index is -0.640. The van der Waals surface area contributed by atoms with Crippen molar-refractivity contribution in [1.29, 1.82) is 0 Å². The molecule has 24 heavy (non-hydrogen) atoms. The molecular weight excluding hydrogens is 306 g/mol. The van der Waals surface area contributed by atoms with Gasteiger partial charge in [-0.3, -0.25) is 0 Å². The van der Waals surface area contributed by atoms with Crippen molar-refractivity contribution in [3.05, 3.63) is 59.8 Å². The van der Waals surface area contributed by atoms with E-state index in [2.05, 4.69) is 22.0 Å². The molecule has 3 aromatic rings. The van der Waals surface area contributed by atoms with E-state index in [0.29, 0.717) is 18.1 Å². The average Bonchev–Trinajstić information content (AvgIpc) is 3.23. The van der Waals surface area contributed by atoms with Crippen LogP contribution in [0.3, 0.4) is 0 Å². The summed E-state index contributed by atoms with van der Waals surface area (Å²) in [7, 11) is 0. The summed E-state index contributed by atoms with van der Waals surface area (Å²) in [5.74, 6) is 6.70. The lowest BCUT2D eigenvalue weighted by Gasteiger charge is -2.07. The van der Waals surface area contributed by atoms with Gasteiger partial charge in [-0.05, 0) is 31.2 Å². The second-order valence-corrected chi connectivity index (χ2v) is 5.31. The second kappa shape index (κ2) is 7.13. The Morgan fingerprint density at radius 1 is 1.29 bits per heavy atom. The maximum Gasteiger partial charge on any atom is 0.167 e. The summed E-state index contributed by atoms with van der Waals surface area (Å²) < 4.78 is 7.23. The van der Waals surface area contributed by atoms with Gasteiger partial charge in [-0.2, -0.15) is 0 Å². The monoisotopic (exact) mass is 323 g/mol. The lowest BCUT2D eigenvalue weighted by Crippen LogP contribution is -2.07. The van der Waals surface area contributed by atoms with E-state index in [1.165, 1.54) is 0 Å². The molecule has 0 saturated heterocycles. The topological polar surface area (TPSA) is 84.3 Å². The third-order valence-electron chi connectivity index (χ3n) is 3.49. The van der Waals surface area contributed by atoms with Gasteiger partial charge in [0.1, 0.15) is 24.2 Å². The van der Waals surface area contributed by atoms with Crippen molar-refractivity contribution >= 4 is 0 Å². The van der Waals surface area contributed by atoms with Gasteiger partial charge in [0.2, 0.25) is 0 Å². The molecule has 0 aliphatic heterocycles. The third-order valence-corrected chi connectivity index (χ3v) is 3.49. The molecule has 122 valence electrons. The number of aromatic nitrogens is 3. The fraction of sp³-hybridized carbons (Fsp3) is 0.222. The van der Waals surface area contributed by atoms with Crippen LogP contribution in [-0.2, 0) is 6.54 Å². The summed E-state index contributed by atoms with van der Waals surface area (Å²) >= 11 is 0. The summed E-state index contributed by atoms with van der Waals surface area (Å²) in [6, 6.07) is 9.37. The van der Waals surface area contributed by atoms with Crippen molar-refractivity contribution in [2.75, 3.05) is 6.61 Å². The van der Waals surface area contributed by atoms with E-state index < -0.39 is 6.10 Å². The number of benzene rings is 1. The Balaban J connectivity index is 1.77. The molecule has 6 heteroatoms. The molecule has 6 nitrogen and oxygen atoms in total. The summed E-state index contributed by atoms with van der Waals surface area (Å²) in [6.45, 7) is 1.99. The van der Waals surface area contributed by atoms with Gasteiger partial charge in [0.25, 0.3) is 0 Å². The molecule has 0 aliphatic carbocycles. The van der Waals surface area contributed by atoms with E-state index >= 15 is 0 Å². The number of imidazole rings is 1. The first-order chi connectivity index (χ1) is 11.7. The standard InChI is InChI=1S/C18H17N3O3/c1-13(23)18-19-8-9-21(18)12-16-11-17(24-20-16)15-6-4-14(5-7-15)3-2-10-22/h4-9,11,13,22-23H,10,12H2,1H3. The zero-order valence-electron chi connectivity index (χ0n) is 13.2. The van der Waals surface area contributed by atoms with E-state index in [0.717, 1.165) is 16.8 Å². The maximum absolute atomic E-state index is 9.69. The summed E-state index contributed by atoms with van der Waals surface area (Å²) in [5.41, 5.74) is 2.46. The molecule has 0 aliphatic rings. The minimum absolute atomic E-state index is 0.157. The van der Waals surface area contributed by atoms with Crippen LogP contribution in [-0.4, -0.2) is 31.5 Å². The van der Waals surface area contributed by atoms with Gasteiger partial charge in [0, 0.05) is 29.6 Å². The molecule has 1 aromatic carbocycles. The minimum Gasteiger partial charge on any atom is -0.385 e. The van der Waals surface area contributed by atoms with Crippen LogP contribution >= 0.6 is 0 Å². The quantitative estimate of drug-likeness (QED) is 0.717. The van der Waals surface area contributed by atoms with Crippen LogP contribution in [0.2, 0.25) is 0 Å². The summed E-state index contributed by atoms with van der Waals surface area (Å²) in [4.78, 5) is 4.13. The summed E-state index contributed by atoms with van der Waals surface area (Å²) in [6.07, 6.45) is 2.80. The molecule has 0 bridgehead atoms. The van der Waals surface area contributed by atoms with Gasteiger partial charge in [-0.15, -0.1) is 0 Å². The number of aliphatic hydroxyl groups excluding tert-OH is 2. The van der Waals surface area contributed by atoms with Crippen LogP contribution in [0.25, 0.3) is 11.3 Å². The second-order valence-electron chi connectivity index (χ2n) is 5.31. The van der Waals surface area contributed by atoms with Crippen molar-refractivity contribution in [2.24, 2.45) is 0 Å². The number of hydrogen-bond donors (Lipinski definition) is 2. The first-order valence-electron chi connectivity index (χ1n) is 7.52. The number of rotatable bonds is 4.